The SMILES string of the molecule is CNC(=O)C(NC(=O)C(C)C)C(C)OCC1CCC(OC)CC1. The predicted molar refractivity (Wildman–Crippen MR) is 89.0 cm³/mol. The molecule has 2 atom stereocenters. The molecule has 1 rings (SSSR count). The van der Waals surface area contributed by atoms with Crippen molar-refractivity contribution >= 4 is 11.8 Å². The standard InChI is InChI=1S/C17H32N2O4/c1-11(2)16(20)19-15(17(21)18-4)12(3)23-10-13-6-8-14(22-5)9-7-13/h11-15H,6-10H2,1-5H3,(H,18,21)(H,19,20). The molecule has 1 aliphatic carbocycles. The molecular formula is C17H32N2O4. The van der Waals surface area contributed by atoms with Crippen molar-refractivity contribution in [3.8, 4) is 0 Å². The van der Waals surface area contributed by atoms with E-state index in [4.69, 9.17) is 9.47 Å². The Morgan fingerprint density at radius 3 is 2.17 bits per heavy atom. The van der Waals surface area contributed by atoms with Gasteiger partial charge in [-0.25, -0.2) is 0 Å². The summed E-state index contributed by atoms with van der Waals surface area (Å²) in [4.78, 5) is 23.9. The van der Waals surface area contributed by atoms with Crippen LogP contribution in [0.25, 0.3) is 0 Å². The van der Waals surface area contributed by atoms with Gasteiger partial charge >= 0.3 is 0 Å². The Kier molecular flexibility index (Phi) is 8.55. The first-order chi connectivity index (χ1) is 10.9. The zero-order valence-corrected chi connectivity index (χ0v) is 15.1. The maximum atomic E-state index is 12.0. The van der Waals surface area contributed by atoms with Gasteiger partial charge in [0.2, 0.25) is 11.8 Å². The van der Waals surface area contributed by atoms with Crippen LogP contribution in [-0.2, 0) is 19.1 Å². The monoisotopic (exact) mass is 328 g/mol. The molecule has 1 saturated carbocycles. The summed E-state index contributed by atoms with van der Waals surface area (Å²) in [6.45, 7) is 6.05. The molecule has 6 nitrogen and oxygen atoms in total. The molecule has 0 aromatic carbocycles. The van der Waals surface area contributed by atoms with Crippen LogP contribution in [0.2, 0.25) is 0 Å². The highest BCUT2D eigenvalue weighted by atomic mass is 16.5. The molecule has 0 aromatic rings. The van der Waals surface area contributed by atoms with E-state index in [1.165, 1.54) is 0 Å². The number of ether oxygens (including phenoxy) is 2. The molecule has 1 fully saturated rings. The summed E-state index contributed by atoms with van der Waals surface area (Å²) >= 11 is 0. The average molecular weight is 328 g/mol. The average Bonchev–Trinajstić information content (AvgIpc) is 2.56. The molecule has 0 saturated heterocycles. The summed E-state index contributed by atoms with van der Waals surface area (Å²) in [6, 6.07) is -0.662. The summed E-state index contributed by atoms with van der Waals surface area (Å²) in [5.41, 5.74) is 0. The largest absolute Gasteiger partial charge is 0.381 e. The first kappa shape index (κ1) is 19.9. The van der Waals surface area contributed by atoms with Gasteiger partial charge in [-0.3, -0.25) is 9.59 Å². The van der Waals surface area contributed by atoms with Crippen molar-refractivity contribution in [2.45, 2.75) is 64.7 Å². The minimum absolute atomic E-state index is 0.144. The first-order valence-electron chi connectivity index (χ1n) is 8.55. The van der Waals surface area contributed by atoms with Crippen LogP contribution in [0, 0.1) is 11.8 Å². The molecule has 1 aliphatic rings. The second kappa shape index (κ2) is 9.88. The molecule has 0 aliphatic heterocycles. The van der Waals surface area contributed by atoms with E-state index in [0.29, 0.717) is 18.6 Å². The summed E-state index contributed by atoms with van der Waals surface area (Å²) in [7, 11) is 3.32. The van der Waals surface area contributed by atoms with E-state index in [1.807, 2.05) is 6.92 Å². The van der Waals surface area contributed by atoms with Crippen molar-refractivity contribution < 1.29 is 19.1 Å². The Labute approximate surface area is 139 Å². The van der Waals surface area contributed by atoms with Crippen LogP contribution < -0.4 is 10.6 Å². The number of nitrogens with one attached hydrogen (secondary N) is 2. The third-order valence-electron chi connectivity index (χ3n) is 4.54. The highest BCUT2D eigenvalue weighted by Gasteiger charge is 2.29. The quantitative estimate of drug-likeness (QED) is 0.708. The normalized spacial score (nSPS) is 24.1. The number of carbonyl (C=O) groups is 2. The minimum Gasteiger partial charge on any atom is -0.381 e. The second-order valence-electron chi connectivity index (χ2n) is 6.67. The Bertz CT molecular complexity index is 379. The number of hydrogen-bond acceptors (Lipinski definition) is 4. The Hall–Kier alpha value is -1.14. The third kappa shape index (κ3) is 6.47. The van der Waals surface area contributed by atoms with Crippen molar-refractivity contribution in [1.82, 2.24) is 10.6 Å². The van der Waals surface area contributed by atoms with Crippen LogP contribution in [0.1, 0.15) is 46.5 Å². The molecule has 0 bridgehead atoms. The van der Waals surface area contributed by atoms with E-state index in [1.54, 1.807) is 28.0 Å². The van der Waals surface area contributed by atoms with Crippen LogP contribution in [0.3, 0.4) is 0 Å². The van der Waals surface area contributed by atoms with Crippen molar-refractivity contribution in [3.63, 3.8) is 0 Å². The maximum Gasteiger partial charge on any atom is 0.245 e. The van der Waals surface area contributed by atoms with E-state index in [-0.39, 0.29) is 23.8 Å². The molecule has 6 heteroatoms. The topological polar surface area (TPSA) is 76.7 Å². The fraction of sp³-hybridized carbons (Fsp3) is 0.882. The molecule has 0 heterocycles. The summed E-state index contributed by atoms with van der Waals surface area (Å²) < 4.78 is 11.3. The molecule has 23 heavy (non-hydrogen) atoms. The fourth-order valence-corrected chi connectivity index (χ4v) is 2.79. The summed E-state index contributed by atoms with van der Waals surface area (Å²) in [5.74, 6) is -0.0436. The van der Waals surface area contributed by atoms with E-state index < -0.39 is 6.04 Å². The lowest BCUT2D eigenvalue weighted by atomic mass is 9.88. The second-order valence-corrected chi connectivity index (χ2v) is 6.67. The van der Waals surface area contributed by atoms with Gasteiger partial charge in [-0.1, -0.05) is 13.8 Å². The smallest absolute Gasteiger partial charge is 0.245 e. The fourth-order valence-electron chi connectivity index (χ4n) is 2.79. The Balaban J connectivity index is 2.48. The van der Waals surface area contributed by atoms with Gasteiger partial charge in [0.05, 0.1) is 12.2 Å². The number of amides is 2. The van der Waals surface area contributed by atoms with Gasteiger partial charge in [-0.15, -0.1) is 0 Å². The maximum absolute atomic E-state index is 12.0. The third-order valence-corrected chi connectivity index (χ3v) is 4.54. The number of carbonyl (C=O) groups excluding carboxylic acids is 2. The van der Waals surface area contributed by atoms with Crippen molar-refractivity contribution in [2.24, 2.45) is 11.8 Å². The van der Waals surface area contributed by atoms with Crippen LogP contribution in [0.15, 0.2) is 0 Å². The van der Waals surface area contributed by atoms with Gasteiger partial charge in [-0.2, -0.15) is 0 Å². The van der Waals surface area contributed by atoms with Gasteiger partial charge in [0, 0.05) is 26.7 Å². The highest BCUT2D eigenvalue weighted by Crippen LogP contribution is 2.26. The minimum atomic E-state index is -0.662. The number of methoxy groups -OCH3 is 1. The van der Waals surface area contributed by atoms with Crippen molar-refractivity contribution in [2.75, 3.05) is 20.8 Å². The van der Waals surface area contributed by atoms with Crippen molar-refractivity contribution in [3.05, 3.63) is 0 Å². The van der Waals surface area contributed by atoms with E-state index in [9.17, 15) is 9.59 Å². The first-order valence-corrected chi connectivity index (χ1v) is 8.55. The van der Waals surface area contributed by atoms with Gasteiger partial charge in [-0.05, 0) is 38.5 Å². The molecular weight excluding hydrogens is 296 g/mol. The Morgan fingerprint density at radius 2 is 1.70 bits per heavy atom. The van der Waals surface area contributed by atoms with Gasteiger partial charge in [0.15, 0.2) is 0 Å². The zero-order chi connectivity index (χ0) is 17.4. The zero-order valence-electron chi connectivity index (χ0n) is 15.1. The molecule has 2 unspecified atom stereocenters. The highest BCUT2D eigenvalue weighted by molar-refractivity contribution is 5.88. The van der Waals surface area contributed by atoms with Gasteiger partial charge in [0.25, 0.3) is 0 Å². The van der Waals surface area contributed by atoms with Crippen LogP contribution in [0.4, 0.5) is 0 Å². The van der Waals surface area contributed by atoms with Gasteiger partial charge in [0.1, 0.15) is 6.04 Å². The lowest BCUT2D eigenvalue weighted by Crippen LogP contribution is -2.53. The van der Waals surface area contributed by atoms with E-state index in [2.05, 4.69) is 10.6 Å². The van der Waals surface area contributed by atoms with Gasteiger partial charge < -0.3 is 20.1 Å². The van der Waals surface area contributed by atoms with Crippen LogP contribution in [-0.4, -0.2) is 50.8 Å². The molecule has 0 spiro atoms. The Morgan fingerprint density at radius 1 is 1.09 bits per heavy atom. The lowest BCUT2D eigenvalue weighted by molar-refractivity contribution is -0.134. The van der Waals surface area contributed by atoms with Crippen molar-refractivity contribution in [1.29, 1.82) is 0 Å². The summed E-state index contributed by atoms with van der Waals surface area (Å²) in [6.07, 6.45) is 4.28. The predicted octanol–water partition coefficient (Wildman–Crippen LogP) is 1.48. The molecule has 0 radical (unpaired) electrons. The van der Waals surface area contributed by atoms with Crippen LogP contribution in [0.5, 0.6) is 0 Å². The molecule has 2 N–H and O–H groups in total. The summed E-state index contributed by atoms with van der Waals surface area (Å²) in [5, 5.41) is 5.37. The lowest BCUT2D eigenvalue weighted by Gasteiger charge is -2.30. The number of likely N-dealkylation sites (N-methyl/N-ethyl adjacent to an activating group) is 1. The van der Waals surface area contributed by atoms with E-state index >= 15 is 0 Å². The number of hydrogen-bond donors (Lipinski definition) is 2. The number of rotatable bonds is 8. The van der Waals surface area contributed by atoms with E-state index in [0.717, 1.165) is 25.7 Å². The van der Waals surface area contributed by atoms with Crippen LogP contribution >= 0.6 is 0 Å². The molecule has 0 aromatic heterocycles. The molecule has 2 amide bonds. The molecule has 134 valence electrons.